The van der Waals surface area contributed by atoms with Crippen LogP contribution in [-0.4, -0.2) is 36.6 Å². The fraction of sp³-hybridized carbons (Fsp3) is 0.714. The van der Waals surface area contributed by atoms with Gasteiger partial charge in [0.25, 0.3) is 0 Å². The first-order valence-electron chi connectivity index (χ1n) is 3.38. The summed E-state index contributed by atoms with van der Waals surface area (Å²) in [5.74, 6) is 0. The van der Waals surface area contributed by atoms with E-state index in [-0.39, 0.29) is 12.2 Å². The summed E-state index contributed by atoms with van der Waals surface area (Å²) in [5, 5.41) is 9.23. The number of hydrogen-bond donors (Lipinski definition) is 1. The van der Waals surface area contributed by atoms with Crippen LogP contribution in [0.3, 0.4) is 0 Å². The Bertz CT molecular complexity index is 166. The number of ether oxygens (including phenoxy) is 2. The van der Waals surface area contributed by atoms with Crippen LogP contribution in [0.25, 0.3) is 0 Å². The van der Waals surface area contributed by atoms with Crippen molar-refractivity contribution in [1.29, 1.82) is 0 Å². The standard InChI is InChI=1S/C7H10O3/c1-4-2-9-7-5(8)3-10-6(4)7/h5-8H,1-3H2/t5-,6?,7?/m1/s1. The lowest BCUT2D eigenvalue weighted by atomic mass is 10.1. The van der Waals surface area contributed by atoms with Crippen molar-refractivity contribution in [1.82, 2.24) is 0 Å². The van der Waals surface area contributed by atoms with Gasteiger partial charge in [0, 0.05) is 0 Å². The molecule has 3 heteroatoms. The first-order valence-corrected chi connectivity index (χ1v) is 3.38. The lowest BCUT2D eigenvalue weighted by molar-refractivity contribution is 0.0194. The molecule has 56 valence electrons. The number of fused-ring (bicyclic) bond motifs is 1. The van der Waals surface area contributed by atoms with Gasteiger partial charge in [0.2, 0.25) is 0 Å². The Balaban J connectivity index is 2.16. The van der Waals surface area contributed by atoms with Crippen LogP contribution in [0, 0.1) is 0 Å². The molecule has 1 N–H and O–H groups in total. The molecule has 2 heterocycles. The minimum Gasteiger partial charge on any atom is -0.388 e. The highest BCUT2D eigenvalue weighted by atomic mass is 16.6. The Morgan fingerprint density at radius 3 is 3.00 bits per heavy atom. The summed E-state index contributed by atoms with van der Waals surface area (Å²) >= 11 is 0. The van der Waals surface area contributed by atoms with E-state index in [0.29, 0.717) is 13.2 Å². The Morgan fingerprint density at radius 1 is 1.50 bits per heavy atom. The third kappa shape index (κ3) is 0.714. The molecule has 0 aromatic carbocycles. The van der Waals surface area contributed by atoms with E-state index in [1.165, 1.54) is 0 Å². The lowest BCUT2D eigenvalue weighted by Gasteiger charge is -2.08. The molecule has 0 aromatic heterocycles. The molecule has 2 aliphatic rings. The Kier molecular flexibility index (Phi) is 1.30. The van der Waals surface area contributed by atoms with Crippen LogP contribution in [0.2, 0.25) is 0 Å². The van der Waals surface area contributed by atoms with Crippen LogP contribution >= 0.6 is 0 Å². The molecule has 0 aliphatic carbocycles. The first kappa shape index (κ1) is 6.34. The van der Waals surface area contributed by atoms with E-state index in [9.17, 15) is 5.11 Å². The second-order valence-corrected chi connectivity index (χ2v) is 2.76. The second kappa shape index (κ2) is 2.05. The van der Waals surface area contributed by atoms with Crippen LogP contribution in [-0.2, 0) is 9.47 Å². The van der Waals surface area contributed by atoms with Crippen molar-refractivity contribution < 1.29 is 14.6 Å². The van der Waals surface area contributed by atoms with Gasteiger partial charge >= 0.3 is 0 Å². The van der Waals surface area contributed by atoms with Crippen molar-refractivity contribution in [2.75, 3.05) is 13.2 Å². The molecule has 2 fully saturated rings. The van der Waals surface area contributed by atoms with Crippen molar-refractivity contribution in [3.63, 3.8) is 0 Å². The van der Waals surface area contributed by atoms with E-state index in [2.05, 4.69) is 6.58 Å². The Morgan fingerprint density at radius 2 is 2.30 bits per heavy atom. The molecule has 2 rings (SSSR count). The maximum absolute atomic E-state index is 9.23. The highest BCUT2D eigenvalue weighted by Gasteiger charge is 2.42. The molecule has 10 heavy (non-hydrogen) atoms. The molecular weight excluding hydrogens is 132 g/mol. The topological polar surface area (TPSA) is 38.7 Å². The van der Waals surface area contributed by atoms with Crippen molar-refractivity contribution >= 4 is 0 Å². The zero-order valence-electron chi connectivity index (χ0n) is 5.62. The van der Waals surface area contributed by atoms with Gasteiger partial charge < -0.3 is 14.6 Å². The molecule has 0 saturated carbocycles. The van der Waals surface area contributed by atoms with Crippen LogP contribution in [0.4, 0.5) is 0 Å². The number of aliphatic hydroxyl groups excluding tert-OH is 1. The van der Waals surface area contributed by atoms with Crippen molar-refractivity contribution in [3.8, 4) is 0 Å². The zero-order valence-corrected chi connectivity index (χ0v) is 5.62. The van der Waals surface area contributed by atoms with Gasteiger partial charge in [-0.2, -0.15) is 0 Å². The molecule has 0 aromatic rings. The highest BCUT2D eigenvalue weighted by Crippen LogP contribution is 2.29. The van der Waals surface area contributed by atoms with E-state index in [1.807, 2.05) is 0 Å². The summed E-state index contributed by atoms with van der Waals surface area (Å²) in [6.45, 7) is 4.69. The van der Waals surface area contributed by atoms with Gasteiger partial charge in [0.1, 0.15) is 18.3 Å². The van der Waals surface area contributed by atoms with Gasteiger partial charge in [-0.3, -0.25) is 0 Å². The molecular formula is C7H10O3. The van der Waals surface area contributed by atoms with Crippen LogP contribution in [0.1, 0.15) is 0 Å². The van der Waals surface area contributed by atoms with E-state index in [0.717, 1.165) is 5.57 Å². The fourth-order valence-corrected chi connectivity index (χ4v) is 1.43. The molecule has 0 spiro atoms. The maximum Gasteiger partial charge on any atom is 0.116 e. The zero-order chi connectivity index (χ0) is 7.14. The van der Waals surface area contributed by atoms with Crippen molar-refractivity contribution in [2.45, 2.75) is 18.3 Å². The number of rotatable bonds is 0. The van der Waals surface area contributed by atoms with Crippen LogP contribution in [0.15, 0.2) is 12.2 Å². The van der Waals surface area contributed by atoms with Gasteiger partial charge in [-0.15, -0.1) is 0 Å². The summed E-state index contributed by atoms with van der Waals surface area (Å²) in [5.41, 5.74) is 0.946. The minimum atomic E-state index is -0.454. The smallest absolute Gasteiger partial charge is 0.116 e. The normalized spacial score (nSPS) is 46.1. The summed E-state index contributed by atoms with van der Waals surface area (Å²) in [6, 6.07) is 0. The number of aliphatic hydroxyl groups is 1. The van der Waals surface area contributed by atoms with Gasteiger partial charge in [-0.1, -0.05) is 6.58 Å². The molecule has 3 nitrogen and oxygen atoms in total. The summed E-state index contributed by atoms with van der Waals surface area (Å²) < 4.78 is 10.5. The summed E-state index contributed by atoms with van der Waals surface area (Å²) in [6.07, 6.45) is -0.647. The Hall–Kier alpha value is -0.380. The molecule has 2 unspecified atom stereocenters. The second-order valence-electron chi connectivity index (χ2n) is 2.76. The molecule has 3 atom stereocenters. The Labute approximate surface area is 59.2 Å². The molecule has 2 saturated heterocycles. The predicted molar refractivity (Wildman–Crippen MR) is 34.6 cm³/mol. The SMILES string of the molecule is C=C1COC2C1OC[C@H]2O. The largest absolute Gasteiger partial charge is 0.388 e. The monoisotopic (exact) mass is 142 g/mol. The van der Waals surface area contributed by atoms with E-state index < -0.39 is 6.10 Å². The van der Waals surface area contributed by atoms with E-state index >= 15 is 0 Å². The van der Waals surface area contributed by atoms with Gasteiger partial charge in [0.15, 0.2) is 0 Å². The van der Waals surface area contributed by atoms with Gasteiger partial charge in [-0.05, 0) is 5.57 Å². The van der Waals surface area contributed by atoms with Crippen LogP contribution in [0.5, 0.6) is 0 Å². The number of hydrogen-bond acceptors (Lipinski definition) is 3. The highest BCUT2D eigenvalue weighted by molar-refractivity contribution is 5.14. The molecule has 2 aliphatic heterocycles. The fourth-order valence-electron chi connectivity index (χ4n) is 1.43. The van der Waals surface area contributed by atoms with Gasteiger partial charge in [0.05, 0.1) is 13.2 Å². The van der Waals surface area contributed by atoms with Crippen molar-refractivity contribution in [3.05, 3.63) is 12.2 Å². The van der Waals surface area contributed by atoms with Gasteiger partial charge in [-0.25, -0.2) is 0 Å². The quantitative estimate of drug-likeness (QED) is 0.472. The van der Waals surface area contributed by atoms with Crippen LogP contribution < -0.4 is 0 Å². The predicted octanol–water partition coefficient (Wildman–Crippen LogP) is -0.299. The van der Waals surface area contributed by atoms with E-state index in [1.54, 1.807) is 0 Å². The van der Waals surface area contributed by atoms with E-state index in [4.69, 9.17) is 9.47 Å². The third-order valence-corrected chi connectivity index (χ3v) is 1.99. The maximum atomic E-state index is 9.23. The molecule has 0 radical (unpaired) electrons. The third-order valence-electron chi connectivity index (χ3n) is 1.99. The first-order chi connectivity index (χ1) is 4.79. The van der Waals surface area contributed by atoms with Crippen molar-refractivity contribution in [2.24, 2.45) is 0 Å². The molecule has 0 bridgehead atoms. The minimum absolute atomic E-state index is 0.0463. The summed E-state index contributed by atoms with van der Waals surface area (Å²) in [4.78, 5) is 0. The average Bonchev–Trinajstić information content (AvgIpc) is 2.41. The summed E-state index contributed by atoms with van der Waals surface area (Å²) in [7, 11) is 0. The average molecular weight is 142 g/mol. The lowest BCUT2D eigenvalue weighted by Crippen LogP contribution is -2.26. The molecule has 0 amide bonds.